The lowest BCUT2D eigenvalue weighted by molar-refractivity contribution is -0.0328. The van der Waals surface area contributed by atoms with E-state index < -0.39 is 5.51 Å². The topological polar surface area (TPSA) is 48.9 Å². The number of hydrogen-bond acceptors (Lipinski definition) is 3. The molecule has 19 heavy (non-hydrogen) atoms. The third-order valence-corrected chi connectivity index (χ3v) is 3.46. The molecule has 102 valence electrons. The summed E-state index contributed by atoms with van der Waals surface area (Å²) in [5, 5.41) is 8.89. The first-order valence-electron chi connectivity index (χ1n) is 5.10. The Morgan fingerprint density at radius 1 is 1.37 bits per heavy atom. The van der Waals surface area contributed by atoms with E-state index in [0.717, 1.165) is 0 Å². The Hall–Kier alpha value is -1.18. The zero-order valence-electron chi connectivity index (χ0n) is 9.33. The van der Waals surface area contributed by atoms with Gasteiger partial charge >= 0.3 is 5.51 Å². The van der Waals surface area contributed by atoms with Crippen LogP contribution in [0.15, 0.2) is 29.3 Å². The molecule has 0 bridgehead atoms. The molecular formula is C11H8ClF3N2OS. The van der Waals surface area contributed by atoms with Crippen molar-refractivity contribution in [3.63, 3.8) is 0 Å². The fraction of sp³-hybridized carbons (Fsp3) is 0.182. The van der Waals surface area contributed by atoms with Crippen molar-refractivity contribution in [2.45, 2.75) is 17.0 Å². The lowest BCUT2D eigenvalue weighted by Crippen LogP contribution is -1.99. The molecule has 0 spiro atoms. The van der Waals surface area contributed by atoms with Crippen LogP contribution >= 0.6 is 23.4 Å². The van der Waals surface area contributed by atoms with Gasteiger partial charge in [-0.2, -0.15) is 13.2 Å². The first-order chi connectivity index (χ1) is 8.89. The van der Waals surface area contributed by atoms with E-state index in [0.29, 0.717) is 17.1 Å². The van der Waals surface area contributed by atoms with E-state index in [1.807, 2.05) is 0 Å². The van der Waals surface area contributed by atoms with Crippen molar-refractivity contribution in [3.8, 4) is 11.4 Å². The van der Waals surface area contributed by atoms with E-state index in [-0.39, 0.29) is 28.3 Å². The molecule has 0 atom stereocenters. The third-order valence-electron chi connectivity index (χ3n) is 2.22. The van der Waals surface area contributed by atoms with E-state index in [9.17, 15) is 13.2 Å². The fourth-order valence-corrected chi connectivity index (χ4v) is 2.28. The summed E-state index contributed by atoms with van der Waals surface area (Å²) in [6.45, 7) is -0.216. The molecular weight excluding hydrogens is 301 g/mol. The molecule has 1 aromatic heterocycles. The summed E-state index contributed by atoms with van der Waals surface area (Å²) in [6.07, 6.45) is 1.52. The Morgan fingerprint density at radius 2 is 2.11 bits per heavy atom. The second-order valence-corrected chi connectivity index (χ2v) is 5.11. The molecule has 2 N–H and O–H groups in total. The third kappa shape index (κ3) is 3.65. The number of aromatic nitrogens is 2. The molecule has 3 nitrogen and oxygen atoms in total. The highest BCUT2D eigenvalue weighted by atomic mass is 35.5. The normalized spacial score (nSPS) is 11.8. The van der Waals surface area contributed by atoms with Crippen molar-refractivity contribution in [2.75, 3.05) is 0 Å². The Kier molecular flexibility index (Phi) is 4.07. The number of rotatable bonds is 3. The fourth-order valence-electron chi connectivity index (χ4n) is 1.44. The van der Waals surface area contributed by atoms with Crippen LogP contribution in [0.5, 0.6) is 0 Å². The number of nitrogens with one attached hydrogen (secondary N) is 1. The van der Waals surface area contributed by atoms with Crippen LogP contribution in [-0.2, 0) is 6.61 Å². The molecule has 0 fully saturated rings. The van der Waals surface area contributed by atoms with Crippen LogP contribution in [0, 0.1) is 0 Å². The maximum Gasteiger partial charge on any atom is 0.446 e. The van der Waals surface area contributed by atoms with Crippen molar-refractivity contribution in [1.82, 2.24) is 9.97 Å². The maximum absolute atomic E-state index is 12.3. The summed E-state index contributed by atoms with van der Waals surface area (Å²) < 4.78 is 36.8. The molecule has 2 rings (SSSR count). The van der Waals surface area contributed by atoms with Gasteiger partial charge in [0.05, 0.1) is 17.3 Å². The number of alkyl halides is 3. The van der Waals surface area contributed by atoms with Crippen molar-refractivity contribution < 1.29 is 18.3 Å². The minimum Gasteiger partial charge on any atom is -0.390 e. The van der Waals surface area contributed by atoms with Gasteiger partial charge in [0.2, 0.25) is 0 Å². The van der Waals surface area contributed by atoms with Gasteiger partial charge in [0.1, 0.15) is 5.82 Å². The Balaban J connectivity index is 2.28. The minimum atomic E-state index is -4.38. The van der Waals surface area contributed by atoms with E-state index in [1.165, 1.54) is 24.4 Å². The number of aromatic amines is 1. The monoisotopic (exact) mass is 308 g/mol. The van der Waals surface area contributed by atoms with Crippen LogP contribution in [0.4, 0.5) is 13.2 Å². The number of hydrogen-bond donors (Lipinski definition) is 2. The molecule has 1 heterocycles. The molecule has 0 radical (unpaired) electrons. The van der Waals surface area contributed by atoms with Gasteiger partial charge in [0.25, 0.3) is 0 Å². The number of benzene rings is 1. The first-order valence-corrected chi connectivity index (χ1v) is 6.29. The van der Waals surface area contributed by atoms with E-state index in [1.54, 1.807) is 0 Å². The Labute approximate surface area is 115 Å². The van der Waals surface area contributed by atoms with Gasteiger partial charge in [-0.15, -0.1) is 0 Å². The van der Waals surface area contributed by atoms with Crippen molar-refractivity contribution in [1.29, 1.82) is 0 Å². The van der Waals surface area contributed by atoms with Gasteiger partial charge in [-0.1, -0.05) is 17.7 Å². The summed E-state index contributed by atoms with van der Waals surface area (Å²) in [5.74, 6) is 0.439. The van der Waals surface area contributed by atoms with Gasteiger partial charge in [-0.25, -0.2) is 4.98 Å². The van der Waals surface area contributed by atoms with Gasteiger partial charge < -0.3 is 10.1 Å². The highest BCUT2D eigenvalue weighted by Crippen LogP contribution is 2.41. The summed E-state index contributed by atoms with van der Waals surface area (Å²) in [6, 6.07) is 4.17. The predicted molar refractivity (Wildman–Crippen MR) is 66.9 cm³/mol. The van der Waals surface area contributed by atoms with Crippen LogP contribution in [0.25, 0.3) is 11.4 Å². The average molecular weight is 309 g/mol. The first kappa shape index (κ1) is 14.2. The van der Waals surface area contributed by atoms with Crippen molar-refractivity contribution >= 4 is 23.4 Å². The van der Waals surface area contributed by atoms with Crippen LogP contribution in [0.1, 0.15) is 5.69 Å². The molecule has 2 aromatic rings. The zero-order valence-corrected chi connectivity index (χ0v) is 10.9. The second-order valence-electron chi connectivity index (χ2n) is 3.59. The predicted octanol–water partition coefficient (Wildman–Crippen LogP) is 3.83. The maximum atomic E-state index is 12.3. The van der Waals surface area contributed by atoms with Crippen molar-refractivity contribution in [3.05, 3.63) is 35.1 Å². The summed E-state index contributed by atoms with van der Waals surface area (Å²) >= 11 is 5.55. The van der Waals surface area contributed by atoms with Gasteiger partial charge in [-0.05, 0) is 23.9 Å². The number of nitrogens with zero attached hydrogens (tertiary/aromatic N) is 1. The standard InChI is InChI=1S/C11H8ClF3N2OS/c12-8-3-6(10-16-4-7(5-18)17-10)1-2-9(8)19-11(13,14)15/h1-4,18H,5H2,(H,16,17). The number of halogens is 4. The van der Waals surface area contributed by atoms with Crippen LogP contribution < -0.4 is 0 Å². The van der Waals surface area contributed by atoms with Gasteiger partial charge in [0, 0.05) is 16.7 Å². The average Bonchev–Trinajstić information content (AvgIpc) is 2.79. The second kappa shape index (κ2) is 5.44. The number of aliphatic hydroxyl groups excluding tert-OH is 1. The summed E-state index contributed by atoms with van der Waals surface area (Å²) in [5.41, 5.74) is -3.38. The summed E-state index contributed by atoms with van der Waals surface area (Å²) in [7, 11) is 0. The van der Waals surface area contributed by atoms with Crippen LogP contribution in [-0.4, -0.2) is 20.6 Å². The van der Waals surface area contributed by atoms with E-state index in [4.69, 9.17) is 16.7 Å². The molecule has 0 saturated heterocycles. The zero-order chi connectivity index (χ0) is 14.0. The Morgan fingerprint density at radius 3 is 2.63 bits per heavy atom. The molecule has 0 aliphatic heterocycles. The van der Waals surface area contributed by atoms with E-state index >= 15 is 0 Å². The molecule has 0 unspecified atom stereocenters. The number of H-pyrrole nitrogens is 1. The molecule has 0 saturated carbocycles. The van der Waals surface area contributed by atoms with Gasteiger partial charge in [0.15, 0.2) is 0 Å². The highest BCUT2D eigenvalue weighted by Gasteiger charge is 2.30. The number of thioether (sulfide) groups is 1. The SMILES string of the molecule is OCc1c[nH]c(-c2ccc(SC(F)(F)F)c(Cl)c2)n1. The number of imidazole rings is 1. The number of aliphatic hydroxyl groups is 1. The smallest absolute Gasteiger partial charge is 0.390 e. The quantitative estimate of drug-likeness (QED) is 0.847. The van der Waals surface area contributed by atoms with E-state index in [2.05, 4.69) is 9.97 Å². The van der Waals surface area contributed by atoms with Crippen LogP contribution in [0.3, 0.4) is 0 Å². The molecule has 0 amide bonds. The Bertz CT molecular complexity index is 586. The molecule has 8 heteroatoms. The highest BCUT2D eigenvalue weighted by molar-refractivity contribution is 8.00. The largest absolute Gasteiger partial charge is 0.446 e. The summed E-state index contributed by atoms with van der Waals surface area (Å²) in [4.78, 5) is 6.80. The van der Waals surface area contributed by atoms with Gasteiger partial charge in [-0.3, -0.25) is 0 Å². The molecule has 1 aromatic carbocycles. The molecule has 0 aliphatic carbocycles. The van der Waals surface area contributed by atoms with Crippen molar-refractivity contribution in [2.24, 2.45) is 0 Å². The molecule has 0 aliphatic rings. The van der Waals surface area contributed by atoms with Crippen LogP contribution in [0.2, 0.25) is 5.02 Å². The lowest BCUT2D eigenvalue weighted by atomic mass is 10.2. The lowest BCUT2D eigenvalue weighted by Gasteiger charge is -2.08. The minimum absolute atomic E-state index is 0.00164.